The average Bonchev–Trinajstić information content (AvgIpc) is 3.28. The van der Waals surface area contributed by atoms with Crippen molar-refractivity contribution in [2.24, 2.45) is 0 Å². The highest BCUT2D eigenvalue weighted by atomic mass is 32.2. The molecule has 0 saturated heterocycles. The van der Waals surface area contributed by atoms with Crippen LogP contribution in [0.5, 0.6) is 0 Å². The number of thioether (sulfide) groups is 1. The molecule has 1 aromatic heterocycles. The van der Waals surface area contributed by atoms with E-state index in [1.165, 1.54) is 11.8 Å². The number of nitrogens with one attached hydrogen (secondary N) is 1. The zero-order valence-electron chi connectivity index (χ0n) is 17.4. The fourth-order valence-electron chi connectivity index (χ4n) is 4.06. The van der Waals surface area contributed by atoms with Crippen LogP contribution in [-0.4, -0.2) is 20.7 Å². The lowest BCUT2D eigenvalue weighted by molar-refractivity contribution is -0.120. The number of benzene rings is 2. The van der Waals surface area contributed by atoms with Crippen LogP contribution in [0.1, 0.15) is 57.2 Å². The van der Waals surface area contributed by atoms with E-state index in [1.807, 2.05) is 73.0 Å². The Morgan fingerprint density at radius 2 is 1.73 bits per heavy atom. The second-order valence-electron chi connectivity index (χ2n) is 7.93. The van der Waals surface area contributed by atoms with Gasteiger partial charge in [0.2, 0.25) is 5.91 Å². The standard InChI is InChI=1S/C24H27N3O2S/c1-16(18-10-4-3-5-11-18)25-22(28)17(2)30-24-26-21-15-9-8-14-20(21)23(29)27(24)19-12-6-7-13-19/h3-5,8-11,14-17,19H,6-7,12-13H2,1-2H3,(H,25,28). The molecule has 2 atom stereocenters. The maximum Gasteiger partial charge on any atom is 0.262 e. The third kappa shape index (κ3) is 4.29. The summed E-state index contributed by atoms with van der Waals surface area (Å²) < 4.78 is 1.84. The summed E-state index contributed by atoms with van der Waals surface area (Å²) in [6.45, 7) is 3.85. The van der Waals surface area contributed by atoms with Crippen LogP contribution >= 0.6 is 11.8 Å². The normalized spacial score (nSPS) is 16.5. The Morgan fingerprint density at radius 3 is 2.47 bits per heavy atom. The van der Waals surface area contributed by atoms with Crippen molar-refractivity contribution in [2.75, 3.05) is 0 Å². The molecule has 6 heteroatoms. The van der Waals surface area contributed by atoms with E-state index in [-0.39, 0.29) is 28.8 Å². The van der Waals surface area contributed by atoms with Gasteiger partial charge in [0, 0.05) is 6.04 Å². The molecule has 0 bridgehead atoms. The van der Waals surface area contributed by atoms with Crippen molar-refractivity contribution in [3.8, 4) is 0 Å². The fourth-order valence-corrected chi connectivity index (χ4v) is 5.05. The number of carbonyl (C=O) groups excluding carboxylic acids is 1. The summed E-state index contributed by atoms with van der Waals surface area (Å²) in [6.07, 6.45) is 4.22. The van der Waals surface area contributed by atoms with Gasteiger partial charge in [0.1, 0.15) is 0 Å². The van der Waals surface area contributed by atoms with Gasteiger partial charge >= 0.3 is 0 Å². The molecule has 30 heavy (non-hydrogen) atoms. The minimum absolute atomic E-state index is 0.000242. The Morgan fingerprint density at radius 1 is 1.07 bits per heavy atom. The summed E-state index contributed by atoms with van der Waals surface area (Å²) >= 11 is 1.37. The quantitative estimate of drug-likeness (QED) is 0.456. The predicted octanol–water partition coefficient (Wildman–Crippen LogP) is 4.87. The maximum absolute atomic E-state index is 13.3. The zero-order chi connectivity index (χ0) is 21.1. The first-order valence-corrected chi connectivity index (χ1v) is 11.5. The largest absolute Gasteiger partial charge is 0.349 e. The minimum Gasteiger partial charge on any atom is -0.349 e. The molecule has 1 aliphatic carbocycles. The monoisotopic (exact) mass is 421 g/mol. The second-order valence-corrected chi connectivity index (χ2v) is 9.23. The van der Waals surface area contributed by atoms with Gasteiger partial charge in [-0.05, 0) is 44.4 Å². The van der Waals surface area contributed by atoms with E-state index in [2.05, 4.69) is 5.32 Å². The molecule has 1 fully saturated rings. The van der Waals surface area contributed by atoms with Gasteiger partial charge in [-0.1, -0.05) is 67.1 Å². The Balaban J connectivity index is 1.60. The van der Waals surface area contributed by atoms with Crippen LogP contribution in [0, 0.1) is 0 Å². The van der Waals surface area contributed by atoms with Crippen LogP contribution < -0.4 is 10.9 Å². The molecule has 1 heterocycles. The molecule has 2 aromatic carbocycles. The smallest absolute Gasteiger partial charge is 0.262 e. The zero-order valence-corrected chi connectivity index (χ0v) is 18.2. The SMILES string of the molecule is CC(Sc1nc2ccccc2c(=O)n1C1CCCC1)C(=O)NC(C)c1ccccc1. The van der Waals surface area contributed by atoms with Crippen molar-refractivity contribution in [2.45, 2.75) is 62.0 Å². The Bertz CT molecular complexity index is 1090. The van der Waals surface area contributed by atoms with Crippen molar-refractivity contribution >= 4 is 28.6 Å². The first kappa shape index (κ1) is 20.7. The summed E-state index contributed by atoms with van der Waals surface area (Å²) in [5.41, 5.74) is 1.75. The third-order valence-electron chi connectivity index (χ3n) is 5.78. The number of rotatable bonds is 6. The number of para-hydroxylation sites is 1. The molecule has 1 aliphatic rings. The molecule has 156 valence electrons. The van der Waals surface area contributed by atoms with Gasteiger partial charge in [-0.3, -0.25) is 14.2 Å². The van der Waals surface area contributed by atoms with Crippen molar-refractivity contribution in [3.05, 3.63) is 70.5 Å². The molecule has 5 nitrogen and oxygen atoms in total. The van der Waals surface area contributed by atoms with Crippen molar-refractivity contribution in [1.29, 1.82) is 0 Å². The van der Waals surface area contributed by atoms with E-state index in [0.717, 1.165) is 31.2 Å². The topological polar surface area (TPSA) is 64.0 Å². The lowest BCUT2D eigenvalue weighted by Crippen LogP contribution is -2.34. The van der Waals surface area contributed by atoms with Crippen molar-refractivity contribution in [3.63, 3.8) is 0 Å². The molecular formula is C24H27N3O2S. The van der Waals surface area contributed by atoms with E-state index in [9.17, 15) is 9.59 Å². The van der Waals surface area contributed by atoms with Gasteiger partial charge in [0.15, 0.2) is 5.16 Å². The number of nitrogens with zero attached hydrogens (tertiary/aromatic N) is 2. The van der Waals surface area contributed by atoms with E-state index < -0.39 is 0 Å². The number of hydrogen-bond donors (Lipinski definition) is 1. The highest BCUT2D eigenvalue weighted by Crippen LogP contribution is 2.33. The molecule has 1 saturated carbocycles. The van der Waals surface area contributed by atoms with Crippen LogP contribution in [0.4, 0.5) is 0 Å². The fraction of sp³-hybridized carbons (Fsp3) is 0.375. The Labute approximate surface area is 180 Å². The maximum atomic E-state index is 13.3. The van der Waals surface area contributed by atoms with Gasteiger partial charge in [0.05, 0.1) is 22.2 Å². The van der Waals surface area contributed by atoms with Crippen molar-refractivity contribution < 1.29 is 4.79 Å². The molecule has 1 N–H and O–H groups in total. The molecule has 3 aromatic rings. The first-order valence-electron chi connectivity index (χ1n) is 10.6. The van der Waals surface area contributed by atoms with Crippen LogP contribution in [0.15, 0.2) is 64.5 Å². The van der Waals surface area contributed by atoms with Crippen LogP contribution in [0.3, 0.4) is 0 Å². The van der Waals surface area contributed by atoms with Gasteiger partial charge in [0.25, 0.3) is 5.56 Å². The molecule has 2 unspecified atom stereocenters. The second kappa shape index (κ2) is 9.04. The number of fused-ring (bicyclic) bond motifs is 1. The highest BCUT2D eigenvalue weighted by Gasteiger charge is 2.26. The number of amides is 1. The lowest BCUT2D eigenvalue weighted by atomic mass is 10.1. The summed E-state index contributed by atoms with van der Waals surface area (Å²) in [4.78, 5) is 30.9. The van der Waals surface area contributed by atoms with Crippen LogP contribution in [-0.2, 0) is 4.79 Å². The number of aromatic nitrogens is 2. The van der Waals surface area contributed by atoms with E-state index in [0.29, 0.717) is 16.1 Å². The van der Waals surface area contributed by atoms with E-state index in [1.54, 1.807) is 0 Å². The van der Waals surface area contributed by atoms with E-state index >= 15 is 0 Å². The summed E-state index contributed by atoms with van der Waals surface area (Å²) in [5.74, 6) is -0.0586. The molecule has 0 aliphatic heterocycles. The molecular weight excluding hydrogens is 394 g/mol. The van der Waals surface area contributed by atoms with E-state index in [4.69, 9.17) is 4.98 Å². The summed E-state index contributed by atoms with van der Waals surface area (Å²) in [7, 11) is 0. The Hall–Kier alpha value is -2.60. The Kier molecular flexibility index (Phi) is 6.23. The number of carbonyl (C=O) groups is 1. The minimum atomic E-state index is -0.364. The van der Waals surface area contributed by atoms with Crippen LogP contribution in [0.25, 0.3) is 10.9 Å². The molecule has 0 radical (unpaired) electrons. The van der Waals surface area contributed by atoms with Crippen LogP contribution in [0.2, 0.25) is 0 Å². The van der Waals surface area contributed by atoms with Crippen molar-refractivity contribution in [1.82, 2.24) is 14.9 Å². The lowest BCUT2D eigenvalue weighted by Gasteiger charge is -2.21. The molecule has 4 rings (SSSR count). The third-order valence-corrected chi connectivity index (χ3v) is 6.84. The van der Waals surface area contributed by atoms with Gasteiger partial charge in [-0.2, -0.15) is 0 Å². The summed E-state index contributed by atoms with van der Waals surface area (Å²) in [6, 6.07) is 17.5. The predicted molar refractivity (Wildman–Crippen MR) is 122 cm³/mol. The van der Waals surface area contributed by atoms with Gasteiger partial charge in [-0.15, -0.1) is 0 Å². The highest BCUT2D eigenvalue weighted by molar-refractivity contribution is 8.00. The first-order chi connectivity index (χ1) is 14.5. The average molecular weight is 422 g/mol. The van der Waals surface area contributed by atoms with Gasteiger partial charge < -0.3 is 5.32 Å². The molecule has 0 spiro atoms. The molecule has 1 amide bonds. The number of hydrogen-bond acceptors (Lipinski definition) is 4. The summed E-state index contributed by atoms with van der Waals surface area (Å²) in [5, 5.41) is 4.00. The van der Waals surface area contributed by atoms with Gasteiger partial charge in [-0.25, -0.2) is 4.98 Å².